The molecule has 0 aliphatic rings. The fourth-order valence-corrected chi connectivity index (χ4v) is 0.662. The molecule has 0 saturated carbocycles. The molecule has 0 bridgehead atoms. The average molecular weight is 168 g/mol. The molecule has 12 heavy (non-hydrogen) atoms. The Kier molecular flexibility index (Phi) is 3.25. The first kappa shape index (κ1) is 8.70. The molecule has 0 atom stereocenters. The summed E-state index contributed by atoms with van der Waals surface area (Å²) in [6, 6.07) is 0. The van der Waals surface area contributed by atoms with Crippen LogP contribution in [0, 0.1) is 0 Å². The highest BCUT2D eigenvalue weighted by molar-refractivity contribution is 5.35. The summed E-state index contributed by atoms with van der Waals surface area (Å²) in [4.78, 5) is 1.52. The van der Waals surface area contributed by atoms with Gasteiger partial charge < -0.3 is 4.74 Å². The van der Waals surface area contributed by atoms with E-state index in [0.29, 0.717) is 12.4 Å². The maximum absolute atomic E-state index is 4.98. The van der Waals surface area contributed by atoms with E-state index in [1.54, 1.807) is 12.3 Å². The van der Waals surface area contributed by atoms with E-state index in [1.165, 1.54) is 4.80 Å². The van der Waals surface area contributed by atoms with Crippen molar-refractivity contribution in [3.63, 3.8) is 0 Å². The van der Waals surface area contributed by atoms with E-state index in [2.05, 4.69) is 15.4 Å². The number of aromatic nitrogens is 4. The lowest BCUT2D eigenvalue weighted by molar-refractivity contribution is 0.272. The predicted octanol–water partition coefficient (Wildman–Crippen LogP) is 0.700. The summed E-state index contributed by atoms with van der Waals surface area (Å²) in [7, 11) is 0. The summed E-state index contributed by atoms with van der Waals surface area (Å²) in [6.07, 6.45) is 3.25. The Bertz CT molecular complexity index is 256. The minimum Gasteiger partial charge on any atom is -0.501 e. The van der Waals surface area contributed by atoms with Gasteiger partial charge in [0.25, 0.3) is 0 Å². The Labute approximate surface area is 71.0 Å². The summed E-state index contributed by atoms with van der Waals surface area (Å²) < 4.78 is 4.98. The Morgan fingerprint density at radius 3 is 2.92 bits per heavy atom. The zero-order valence-electron chi connectivity index (χ0n) is 7.27. The average Bonchev–Trinajstić information content (AvgIpc) is 2.53. The van der Waals surface area contributed by atoms with Gasteiger partial charge in [-0.15, -0.1) is 10.2 Å². The van der Waals surface area contributed by atoms with Crippen LogP contribution in [0.1, 0.15) is 19.7 Å². The summed E-state index contributed by atoms with van der Waals surface area (Å²) in [5.41, 5.74) is 0. The molecule has 0 fully saturated rings. The van der Waals surface area contributed by atoms with Gasteiger partial charge in [-0.1, -0.05) is 0 Å². The summed E-state index contributed by atoms with van der Waals surface area (Å²) in [5.74, 6) is 0.574. The highest BCUT2D eigenvalue weighted by atomic mass is 16.5. The van der Waals surface area contributed by atoms with Crippen LogP contribution in [-0.2, 0) is 11.3 Å². The van der Waals surface area contributed by atoms with Gasteiger partial charge >= 0.3 is 0 Å². The van der Waals surface area contributed by atoms with Gasteiger partial charge in [0.15, 0.2) is 0 Å². The van der Waals surface area contributed by atoms with Crippen molar-refractivity contribution in [1.82, 2.24) is 20.2 Å². The fraction of sp³-hybridized carbons (Fsp3) is 0.571. The summed E-state index contributed by atoms with van der Waals surface area (Å²) in [5, 5.41) is 11.6. The van der Waals surface area contributed by atoms with Gasteiger partial charge in [0, 0.05) is 6.08 Å². The van der Waals surface area contributed by atoms with E-state index in [9.17, 15) is 0 Å². The van der Waals surface area contributed by atoms with Crippen molar-refractivity contribution in [2.75, 3.05) is 6.61 Å². The summed E-state index contributed by atoms with van der Waals surface area (Å²) in [6.45, 7) is 5.26. The zero-order chi connectivity index (χ0) is 8.81. The molecule has 0 aromatic carbocycles. The van der Waals surface area contributed by atoms with E-state index < -0.39 is 0 Å². The number of rotatable bonds is 4. The largest absolute Gasteiger partial charge is 0.501 e. The quantitative estimate of drug-likeness (QED) is 0.621. The monoisotopic (exact) mass is 168 g/mol. The molecule has 0 amide bonds. The second-order valence-electron chi connectivity index (χ2n) is 2.09. The molecule has 1 aromatic heterocycles. The maximum atomic E-state index is 4.98. The van der Waals surface area contributed by atoms with Crippen LogP contribution in [0.2, 0.25) is 0 Å². The van der Waals surface area contributed by atoms with Crippen LogP contribution in [0.15, 0.2) is 6.26 Å². The van der Waals surface area contributed by atoms with Crippen molar-refractivity contribution in [2.24, 2.45) is 0 Å². The molecule has 0 aliphatic carbocycles. The standard InChI is InChI=1S/C7H12N4O/c1-3-11-9-7(8-10-11)5-6-12-4-2/h5-6H,3-4H2,1-2H3/b6-5-. The number of nitrogens with zero attached hydrogens (tertiary/aromatic N) is 4. The topological polar surface area (TPSA) is 52.8 Å². The van der Waals surface area contributed by atoms with Crippen LogP contribution in [0.3, 0.4) is 0 Å². The normalized spacial score (nSPS) is 10.8. The van der Waals surface area contributed by atoms with E-state index in [4.69, 9.17) is 4.74 Å². The highest BCUT2D eigenvalue weighted by Crippen LogP contribution is 1.90. The Morgan fingerprint density at radius 2 is 2.33 bits per heavy atom. The number of tetrazole rings is 1. The smallest absolute Gasteiger partial charge is 0.200 e. The van der Waals surface area contributed by atoms with Crippen LogP contribution in [0.5, 0.6) is 0 Å². The molecule has 1 heterocycles. The third-order valence-corrected chi connectivity index (χ3v) is 1.23. The van der Waals surface area contributed by atoms with Gasteiger partial charge in [-0.3, -0.25) is 0 Å². The van der Waals surface area contributed by atoms with Gasteiger partial charge in [0.1, 0.15) is 0 Å². The summed E-state index contributed by atoms with van der Waals surface area (Å²) >= 11 is 0. The van der Waals surface area contributed by atoms with Crippen LogP contribution in [0.4, 0.5) is 0 Å². The van der Waals surface area contributed by atoms with Gasteiger partial charge in [-0.05, 0) is 19.1 Å². The molecule has 0 spiro atoms. The minimum absolute atomic E-state index is 0.574. The number of hydrogen-bond acceptors (Lipinski definition) is 4. The Hall–Kier alpha value is -1.39. The van der Waals surface area contributed by atoms with Crippen LogP contribution < -0.4 is 0 Å². The lowest BCUT2D eigenvalue weighted by Gasteiger charge is -1.89. The Morgan fingerprint density at radius 1 is 1.50 bits per heavy atom. The third kappa shape index (κ3) is 2.34. The van der Waals surface area contributed by atoms with Crippen molar-refractivity contribution in [3.8, 4) is 0 Å². The molecule has 1 aromatic rings. The van der Waals surface area contributed by atoms with Crippen molar-refractivity contribution in [2.45, 2.75) is 20.4 Å². The molecule has 5 nitrogen and oxygen atoms in total. The first-order valence-electron chi connectivity index (χ1n) is 3.92. The second kappa shape index (κ2) is 4.48. The first-order valence-corrected chi connectivity index (χ1v) is 3.92. The minimum atomic E-state index is 0.574. The molecular weight excluding hydrogens is 156 g/mol. The van der Waals surface area contributed by atoms with Crippen LogP contribution >= 0.6 is 0 Å². The number of ether oxygens (including phenoxy) is 1. The molecule has 0 saturated heterocycles. The lowest BCUT2D eigenvalue weighted by atomic mass is 10.6. The van der Waals surface area contributed by atoms with Gasteiger partial charge in [-0.2, -0.15) is 4.80 Å². The Balaban J connectivity index is 2.51. The van der Waals surface area contributed by atoms with Crippen molar-refractivity contribution >= 4 is 6.08 Å². The zero-order valence-corrected chi connectivity index (χ0v) is 7.27. The van der Waals surface area contributed by atoms with Gasteiger partial charge in [-0.25, -0.2) is 0 Å². The first-order chi connectivity index (χ1) is 5.86. The lowest BCUT2D eigenvalue weighted by Crippen LogP contribution is -1.98. The van der Waals surface area contributed by atoms with Gasteiger partial charge in [0.05, 0.1) is 19.4 Å². The van der Waals surface area contributed by atoms with E-state index in [1.807, 2.05) is 13.8 Å². The van der Waals surface area contributed by atoms with Gasteiger partial charge in [0.2, 0.25) is 5.82 Å². The molecule has 0 aliphatic heterocycles. The van der Waals surface area contributed by atoms with E-state index in [-0.39, 0.29) is 0 Å². The number of aryl methyl sites for hydroxylation is 1. The molecule has 0 N–H and O–H groups in total. The van der Waals surface area contributed by atoms with Crippen molar-refractivity contribution < 1.29 is 4.74 Å². The van der Waals surface area contributed by atoms with E-state index in [0.717, 1.165) is 6.54 Å². The SMILES string of the molecule is CCO/C=C\c1nnn(CC)n1. The molecule has 1 rings (SSSR count). The molecule has 0 radical (unpaired) electrons. The van der Waals surface area contributed by atoms with Crippen LogP contribution in [0.25, 0.3) is 6.08 Å². The molecule has 5 heteroatoms. The predicted molar refractivity (Wildman–Crippen MR) is 44.2 cm³/mol. The molecule has 66 valence electrons. The van der Waals surface area contributed by atoms with Crippen molar-refractivity contribution in [1.29, 1.82) is 0 Å². The fourth-order valence-electron chi connectivity index (χ4n) is 0.662. The van der Waals surface area contributed by atoms with Crippen LogP contribution in [-0.4, -0.2) is 26.8 Å². The van der Waals surface area contributed by atoms with E-state index >= 15 is 0 Å². The third-order valence-electron chi connectivity index (χ3n) is 1.23. The number of hydrogen-bond donors (Lipinski definition) is 0. The molecular formula is C7H12N4O. The maximum Gasteiger partial charge on any atom is 0.200 e. The van der Waals surface area contributed by atoms with Crippen molar-refractivity contribution in [3.05, 3.63) is 12.1 Å². The highest BCUT2D eigenvalue weighted by Gasteiger charge is 1.94. The molecule has 0 unspecified atom stereocenters. The second-order valence-corrected chi connectivity index (χ2v) is 2.09.